The number of carbonyl (C=O) groups excluding carboxylic acids is 1. The third-order valence-corrected chi connectivity index (χ3v) is 5.48. The summed E-state index contributed by atoms with van der Waals surface area (Å²) in [6, 6.07) is 12.5. The highest BCUT2D eigenvalue weighted by atomic mass is 35.5. The lowest BCUT2D eigenvalue weighted by molar-refractivity contribution is -0.892. The number of hydrogen-bond donors (Lipinski definition) is 1. The predicted molar refractivity (Wildman–Crippen MR) is 100 cm³/mol. The number of fused-ring (bicyclic) bond motifs is 2. The van der Waals surface area contributed by atoms with E-state index in [0.29, 0.717) is 12.2 Å². The number of nitrogens with zero attached hydrogens (tertiary/aromatic N) is 1. The molecule has 0 aromatic heterocycles. The molecule has 0 bridgehead atoms. The number of rotatable bonds is 6. The van der Waals surface area contributed by atoms with Crippen molar-refractivity contribution in [3.8, 4) is 0 Å². The van der Waals surface area contributed by atoms with Crippen molar-refractivity contribution in [1.29, 1.82) is 0 Å². The summed E-state index contributed by atoms with van der Waals surface area (Å²) < 4.78 is 13.9. The smallest absolute Gasteiger partial charge is 0.286 e. The molecule has 1 heterocycles. The van der Waals surface area contributed by atoms with Gasteiger partial charge in [0, 0.05) is 9.79 Å². The Labute approximate surface area is 165 Å². The fraction of sp³-hybridized carbons (Fsp3) is 0.350. The molecule has 3 rings (SSSR count). The van der Waals surface area contributed by atoms with Gasteiger partial charge < -0.3 is 17.3 Å². The normalized spacial score (nSPS) is 12.4. The van der Waals surface area contributed by atoms with E-state index in [1.807, 2.05) is 24.3 Å². The van der Waals surface area contributed by atoms with Gasteiger partial charge in [-0.05, 0) is 43.2 Å². The van der Waals surface area contributed by atoms with Crippen LogP contribution in [0.25, 0.3) is 0 Å². The number of halogens is 2. The maximum Gasteiger partial charge on any atom is 0.286 e. The third-order valence-electron chi connectivity index (χ3n) is 4.35. The van der Waals surface area contributed by atoms with Crippen molar-refractivity contribution in [3.05, 3.63) is 48.3 Å². The van der Waals surface area contributed by atoms with Gasteiger partial charge in [0.25, 0.3) is 5.91 Å². The fourth-order valence-corrected chi connectivity index (χ4v) is 4.34. The zero-order chi connectivity index (χ0) is 17.8. The van der Waals surface area contributed by atoms with Crippen molar-refractivity contribution < 1.29 is 26.5 Å². The number of hydrogen-bond acceptors (Lipinski definition) is 2. The molecule has 6 heteroatoms. The van der Waals surface area contributed by atoms with Gasteiger partial charge in [-0.3, -0.25) is 9.69 Å². The van der Waals surface area contributed by atoms with Gasteiger partial charge in [0.2, 0.25) is 0 Å². The number of amides is 1. The van der Waals surface area contributed by atoms with Gasteiger partial charge in [0.05, 0.1) is 24.5 Å². The standard InChI is InChI=1S/C20H23FN2OS.ClH/c1-3-11-22(12-4-2)14-20(24)23-16-7-5-6-8-18(16)25-19-10-9-15(21)13-17(19)23;/h5-10,13H,3-4,11-12,14H2,1-2H3;1H. The summed E-state index contributed by atoms with van der Waals surface area (Å²) in [5.74, 6) is -0.292. The molecule has 0 unspecified atom stereocenters. The van der Waals surface area contributed by atoms with Crippen LogP contribution in [0.15, 0.2) is 52.3 Å². The SMILES string of the molecule is CCC[NH+](CCC)CC(=O)N1c2ccccc2Sc2ccc(F)cc21.[Cl-]. The first-order valence-electron chi connectivity index (χ1n) is 8.87. The molecule has 2 aromatic rings. The number of quaternary nitrogens is 1. The molecule has 1 aliphatic rings. The van der Waals surface area contributed by atoms with Gasteiger partial charge in [0.15, 0.2) is 6.54 Å². The summed E-state index contributed by atoms with van der Waals surface area (Å²) in [6.45, 7) is 6.64. The lowest BCUT2D eigenvalue weighted by atomic mass is 10.2. The summed E-state index contributed by atoms with van der Waals surface area (Å²) in [5.41, 5.74) is 1.50. The number of para-hydroxylation sites is 1. The Hall–Kier alpha value is -1.56. The number of carbonyl (C=O) groups is 1. The molecule has 2 aromatic carbocycles. The Balaban J connectivity index is 0.00000243. The van der Waals surface area contributed by atoms with E-state index in [1.165, 1.54) is 17.0 Å². The number of anilines is 2. The first-order valence-corrected chi connectivity index (χ1v) is 9.68. The highest BCUT2D eigenvalue weighted by Gasteiger charge is 2.30. The largest absolute Gasteiger partial charge is 1.00 e. The molecule has 26 heavy (non-hydrogen) atoms. The van der Waals surface area contributed by atoms with Crippen LogP contribution in [0, 0.1) is 5.82 Å². The van der Waals surface area contributed by atoms with Crippen molar-refractivity contribution >= 4 is 29.0 Å². The van der Waals surface area contributed by atoms with Crippen LogP contribution in [0.4, 0.5) is 15.8 Å². The molecular weight excluding hydrogens is 371 g/mol. The molecule has 3 nitrogen and oxygen atoms in total. The van der Waals surface area contributed by atoms with Crippen LogP contribution in [0.3, 0.4) is 0 Å². The van der Waals surface area contributed by atoms with Crippen molar-refractivity contribution in [2.75, 3.05) is 24.5 Å². The third kappa shape index (κ3) is 4.40. The zero-order valence-corrected chi connectivity index (χ0v) is 16.7. The van der Waals surface area contributed by atoms with Gasteiger partial charge in [-0.15, -0.1) is 0 Å². The van der Waals surface area contributed by atoms with E-state index in [2.05, 4.69) is 13.8 Å². The topological polar surface area (TPSA) is 24.8 Å². The predicted octanol–water partition coefficient (Wildman–Crippen LogP) is 0.664. The van der Waals surface area contributed by atoms with E-state index in [9.17, 15) is 9.18 Å². The molecule has 0 saturated heterocycles. The number of nitrogens with one attached hydrogen (secondary N) is 1. The Kier molecular flexibility index (Phi) is 7.50. The first kappa shape index (κ1) is 20.7. The summed E-state index contributed by atoms with van der Waals surface area (Å²) >= 11 is 1.58. The van der Waals surface area contributed by atoms with Crippen molar-refractivity contribution in [2.24, 2.45) is 0 Å². The second-order valence-electron chi connectivity index (χ2n) is 6.34. The van der Waals surface area contributed by atoms with Crippen LogP contribution in [0.5, 0.6) is 0 Å². The van der Waals surface area contributed by atoms with Crippen molar-refractivity contribution in [2.45, 2.75) is 36.5 Å². The molecule has 0 fully saturated rings. The maximum atomic E-state index is 13.9. The Morgan fingerprint density at radius 3 is 2.38 bits per heavy atom. The molecule has 140 valence electrons. The van der Waals surface area contributed by atoms with Crippen LogP contribution in [0.2, 0.25) is 0 Å². The summed E-state index contributed by atoms with van der Waals surface area (Å²) in [5, 5.41) is 0. The number of benzene rings is 2. The minimum atomic E-state index is -0.317. The minimum Gasteiger partial charge on any atom is -1.00 e. The first-order chi connectivity index (χ1) is 12.1. The van der Waals surface area contributed by atoms with Crippen LogP contribution >= 0.6 is 11.8 Å². The van der Waals surface area contributed by atoms with Crippen LogP contribution in [-0.4, -0.2) is 25.5 Å². The van der Waals surface area contributed by atoms with Crippen molar-refractivity contribution in [1.82, 2.24) is 0 Å². The van der Waals surface area contributed by atoms with Gasteiger partial charge in [0.1, 0.15) is 5.82 Å². The van der Waals surface area contributed by atoms with E-state index in [0.717, 1.165) is 41.4 Å². The van der Waals surface area contributed by atoms with Crippen LogP contribution in [-0.2, 0) is 4.79 Å². The van der Waals surface area contributed by atoms with Gasteiger partial charge >= 0.3 is 0 Å². The van der Waals surface area contributed by atoms with E-state index >= 15 is 0 Å². The quantitative estimate of drug-likeness (QED) is 0.778. The molecule has 1 aliphatic heterocycles. The molecule has 1 amide bonds. The monoisotopic (exact) mass is 394 g/mol. The van der Waals surface area contributed by atoms with E-state index in [-0.39, 0.29) is 24.1 Å². The van der Waals surface area contributed by atoms with Crippen LogP contribution in [0.1, 0.15) is 26.7 Å². The second-order valence-corrected chi connectivity index (χ2v) is 7.42. The minimum absolute atomic E-state index is 0. The molecule has 1 N–H and O–H groups in total. The Morgan fingerprint density at radius 1 is 1.04 bits per heavy atom. The van der Waals surface area contributed by atoms with E-state index in [4.69, 9.17) is 0 Å². The average Bonchev–Trinajstić information content (AvgIpc) is 2.60. The molecule has 0 saturated carbocycles. The average molecular weight is 395 g/mol. The van der Waals surface area contributed by atoms with Crippen molar-refractivity contribution in [3.63, 3.8) is 0 Å². The lowest BCUT2D eigenvalue weighted by Gasteiger charge is -2.32. The molecule has 0 atom stereocenters. The second kappa shape index (κ2) is 9.40. The van der Waals surface area contributed by atoms with Gasteiger partial charge in [-0.25, -0.2) is 4.39 Å². The Morgan fingerprint density at radius 2 is 1.69 bits per heavy atom. The van der Waals surface area contributed by atoms with Crippen LogP contribution < -0.4 is 22.2 Å². The lowest BCUT2D eigenvalue weighted by Crippen LogP contribution is -3.13. The van der Waals surface area contributed by atoms with E-state index in [1.54, 1.807) is 22.7 Å². The summed E-state index contributed by atoms with van der Waals surface area (Å²) in [7, 11) is 0. The van der Waals surface area contributed by atoms with Gasteiger partial charge in [-0.1, -0.05) is 37.7 Å². The highest BCUT2D eigenvalue weighted by Crippen LogP contribution is 2.48. The molecular formula is C20H24ClFN2OS. The summed E-state index contributed by atoms with van der Waals surface area (Å²) in [6.07, 6.45) is 2.08. The van der Waals surface area contributed by atoms with E-state index < -0.39 is 0 Å². The Bertz CT molecular complexity index is 765. The maximum absolute atomic E-state index is 13.9. The molecule has 0 aliphatic carbocycles. The van der Waals surface area contributed by atoms with Gasteiger partial charge in [-0.2, -0.15) is 0 Å². The highest BCUT2D eigenvalue weighted by molar-refractivity contribution is 7.99. The molecule has 0 radical (unpaired) electrons. The molecule has 0 spiro atoms. The zero-order valence-electron chi connectivity index (χ0n) is 15.1. The summed E-state index contributed by atoms with van der Waals surface area (Å²) in [4.78, 5) is 18.1. The fourth-order valence-electron chi connectivity index (χ4n) is 3.30.